The minimum Gasteiger partial charge on any atom is -0.490 e. The molecule has 2 rings (SSSR count). The number of hydrogen-bond donors (Lipinski definition) is 1. The van der Waals surface area contributed by atoms with Gasteiger partial charge >= 0.3 is 0 Å². The monoisotopic (exact) mass is 442 g/mol. The summed E-state index contributed by atoms with van der Waals surface area (Å²) in [6.07, 6.45) is 0. The SMILES string of the molecule is CCOc1cc(CNCCN(CC)CC)c(Cl)cc1OCc1c(F)cccc1Cl. The zero-order valence-electron chi connectivity index (χ0n) is 17.2. The van der Waals surface area contributed by atoms with Crippen molar-refractivity contribution in [1.82, 2.24) is 10.2 Å². The van der Waals surface area contributed by atoms with Crippen molar-refractivity contribution in [2.75, 3.05) is 32.8 Å². The topological polar surface area (TPSA) is 33.7 Å². The number of nitrogens with one attached hydrogen (secondary N) is 1. The molecule has 0 unspecified atom stereocenters. The van der Waals surface area contributed by atoms with Crippen LogP contribution < -0.4 is 14.8 Å². The van der Waals surface area contributed by atoms with Gasteiger partial charge in [0.05, 0.1) is 11.6 Å². The Morgan fingerprint density at radius 1 is 1.00 bits per heavy atom. The summed E-state index contributed by atoms with van der Waals surface area (Å²) in [7, 11) is 0. The van der Waals surface area contributed by atoms with Gasteiger partial charge in [-0.3, -0.25) is 0 Å². The van der Waals surface area contributed by atoms with E-state index in [2.05, 4.69) is 24.1 Å². The number of benzene rings is 2. The highest BCUT2D eigenvalue weighted by atomic mass is 35.5. The van der Waals surface area contributed by atoms with E-state index in [4.69, 9.17) is 32.7 Å². The minimum absolute atomic E-state index is 0.0105. The van der Waals surface area contributed by atoms with Crippen LogP contribution in [0.2, 0.25) is 10.0 Å². The Balaban J connectivity index is 2.06. The second-order valence-electron chi connectivity index (χ2n) is 6.52. The number of rotatable bonds is 12. The standard InChI is InChI=1S/C22H29Cl2FN2O2/c1-4-27(5-2)11-10-26-14-16-12-21(28-6-3)22(13-19(16)24)29-15-17-18(23)8-7-9-20(17)25/h7-9,12-13,26H,4-6,10-11,14-15H2,1-3H3. The van der Waals surface area contributed by atoms with Gasteiger partial charge in [0.2, 0.25) is 0 Å². The summed E-state index contributed by atoms with van der Waals surface area (Å²) in [5.41, 5.74) is 1.22. The lowest BCUT2D eigenvalue weighted by molar-refractivity contribution is 0.265. The first kappa shape index (κ1) is 23.7. The fourth-order valence-corrected chi connectivity index (χ4v) is 3.35. The summed E-state index contributed by atoms with van der Waals surface area (Å²) < 4.78 is 25.5. The molecular formula is C22H29Cl2FN2O2. The molecule has 0 spiro atoms. The van der Waals surface area contributed by atoms with Crippen molar-refractivity contribution in [3.05, 3.63) is 57.3 Å². The molecule has 0 fully saturated rings. The first-order chi connectivity index (χ1) is 14.0. The molecular weight excluding hydrogens is 414 g/mol. The number of nitrogens with zero attached hydrogens (tertiary/aromatic N) is 1. The van der Waals surface area contributed by atoms with E-state index in [0.29, 0.717) is 40.3 Å². The molecule has 0 heterocycles. The first-order valence-corrected chi connectivity index (χ1v) is 10.7. The van der Waals surface area contributed by atoms with Gasteiger partial charge in [-0.25, -0.2) is 4.39 Å². The van der Waals surface area contributed by atoms with Crippen LogP contribution in [0.4, 0.5) is 4.39 Å². The maximum atomic E-state index is 14.0. The molecule has 0 radical (unpaired) electrons. The lowest BCUT2D eigenvalue weighted by Gasteiger charge is -2.19. The van der Waals surface area contributed by atoms with Crippen LogP contribution in [0.15, 0.2) is 30.3 Å². The molecule has 0 aliphatic heterocycles. The fourth-order valence-electron chi connectivity index (χ4n) is 2.91. The second kappa shape index (κ2) is 12.2. The first-order valence-electron chi connectivity index (χ1n) is 9.94. The molecule has 4 nitrogen and oxygen atoms in total. The molecule has 2 aromatic carbocycles. The van der Waals surface area contributed by atoms with E-state index < -0.39 is 5.82 Å². The summed E-state index contributed by atoms with van der Waals surface area (Å²) in [5, 5.41) is 4.30. The molecule has 160 valence electrons. The molecule has 0 bridgehead atoms. The van der Waals surface area contributed by atoms with E-state index in [1.54, 1.807) is 18.2 Å². The summed E-state index contributed by atoms with van der Waals surface area (Å²) in [6, 6.07) is 8.13. The van der Waals surface area contributed by atoms with Gasteiger partial charge in [0.1, 0.15) is 12.4 Å². The van der Waals surface area contributed by atoms with Crippen LogP contribution in [0, 0.1) is 5.82 Å². The highest BCUT2D eigenvalue weighted by Crippen LogP contribution is 2.35. The van der Waals surface area contributed by atoms with Gasteiger partial charge in [0, 0.05) is 36.3 Å². The lowest BCUT2D eigenvalue weighted by Crippen LogP contribution is -2.31. The molecule has 0 aromatic heterocycles. The van der Waals surface area contributed by atoms with Crippen molar-refractivity contribution in [1.29, 1.82) is 0 Å². The average molecular weight is 443 g/mol. The van der Waals surface area contributed by atoms with Crippen molar-refractivity contribution in [3.8, 4) is 11.5 Å². The number of halogens is 3. The van der Waals surface area contributed by atoms with E-state index in [0.717, 1.165) is 31.7 Å². The van der Waals surface area contributed by atoms with Crippen LogP contribution in [-0.4, -0.2) is 37.7 Å². The Labute approximate surface area is 182 Å². The molecule has 2 aromatic rings. The molecule has 0 saturated heterocycles. The second-order valence-corrected chi connectivity index (χ2v) is 7.33. The maximum absolute atomic E-state index is 14.0. The molecule has 0 saturated carbocycles. The van der Waals surface area contributed by atoms with Crippen molar-refractivity contribution in [2.45, 2.75) is 33.9 Å². The third kappa shape index (κ3) is 7.03. The van der Waals surface area contributed by atoms with Gasteiger partial charge in [-0.15, -0.1) is 0 Å². The fraction of sp³-hybridized carbons (Fsp3) is 0.455. The largest absolute Gasteiger partial charge is 0.490 e. The van der Waals surface area contributed by atoms with Gasteiger partial charge in [-0.05, 0) is 43.8 Å². The third-order valence-corrected chi connectivity index (χ3v) is 5.37. The highest BCUT2D eigenvalue weighted by molar-refractivity contribution is 6.31. The minimum atomic E-state index is -0.407. The molecule has 0 aliphatic carbocycles. The third-order valence-electron chi connectivity index (χ3n) is 4.66. The Morgan fingerprint density at radius 2 is 1.72 bits per heavy atom. The zero-order valence-corrected chi connectivity index (χ0v) is 18.7. The van der Waals surface area contributed by atoms with E-state index in [-0.39, 0.29) is 6.61 Å². The van der Waals surface area contributed by atoms with Gasteiger partial charge in [0.15, 0.2) is 11.5 Å². The summed E-state index contributed by atoms with van der Waals surface area (Å²) in [5.74, 6) is 0.628. The molecule has 7 heteroatoms. The van der Waals surface area contributed by atoms with E-state index in [1.807, 2.05) is 13.0 Å². The highest BCUT2D eigenvalue weighted by Gasteiger charge is 2.14. The smallest absolute Gasteiger partial charge is 0.163 e. The van der Waals surface area contributed by atoms with Crippen LogP contribution in [0.3, 0.4) is 0 Å². The van der Waals surface area contributed by atoms with Crippen molar-refractivity contribution < 1.29 is 13.9 Å². The van der Waals surface area contributed by atoms with Crippen molar-refractivity contribution in [2.24, 2.45) is 0 Å². The van der Waals surface area contributed by atoms with E-state index in [9.17, 15) is 4.39 Å². The molecule has 1 N–H and O–H groups in total. The zero-order chi connectivity index (χ0) is 21.2. The Hall–Kier alpha value is -1.53. The average Bonchev–Trinajstić information content (AvgIpc) is 2.70. The quantitative estimate of drug-likeness (QED) is 0.437. The summed E-state index contributed by atoms with van der Waals surface area (Å²) in [6.45, 7) is 11.2. The van der Waals surface area contributed by atoms with Crippen molar-refractivity contribution >= 4 is 23.2 Å². The predicted octanol–water partition coefficient (Wildman–Crippen LogP) is 5.54. The van der Waals surface area contributed by atoms with Gasteiger partial charge in [-0.2, -0.15) is 0 Å². The van der Waals surface area contributed by atoms with Crippen LogP contribution in [0.1, 0.15) is 31.9 Å². The van der Waals surface area contributed by atoms with E-state index >= 15 is 0 Å². The molecule has 0 aliphatic rings. The predicted molar refractivity (Wildman–Crippen MR) is 118 cm³/mol. The Morgan fingerprint density at radius 3 is 2.38 bits per heavy atom. The Kier molecular flexibility index (Phi) is 10.0. The summed E-state index contributed by atoms with van der Waals surface area (Å²) in [4.78, 5) is 2.35. The van der Waals surface area contributed by atoms with Crippen LogP contribution in [0.5, 0.6) is 11.5 Å². The van der Waals surface area contributed by atoms with Gasteiger partial charge < -0.3 is 19.7 Å². The number of ether oxygens (including phenoxy) is 2. The van der Waals surface area contributed by atoms with Crippen LogP contribution in [-0.2, 0) is 13.2 Å². The summed E-state index contributed by atoms with van der Waals surface area (Å²) >= 11 is 12.5. The van der Waals surface area contributed by atoms with Crippen LogP contribution >= 0.6 is 23.2 Å². The van der Waals surface area contributed by atoms with Crippen molar-refractivity contribution in [3.63, 3.8) is 0 Å². The number of likely N-dealkylation sites (N-methyl/N-ethyl adjacent to an activating group) is 1. The van der Waals surface area contributed by atoms with Crippen LogP contribution in [0.25, 0.3) is 0 Å². The lowest BCUT2D eigenvalue weighted by atomic mass is 10.2. The van der Waals surface area contributed by atoms with Gasteiger partial charge in [0.25, 0.3) is 0 Å². The maximum Gasteiger partial charge on any atom is 0.163 e. The Bertz CT molecular complexity index is 765. The molecule has 29 heavy (non-hydrogen) atoms. The normalized spacial score (nSPS) is 11.1. The van der Waals surface area contributed by atoms with Gasteiger partial charge in [-0.1, -0.05) is 43.1 Å². The molecule has 0 atom stereocenters. The number of hydrogen-bond acceptors (Lipinski definition) is 4. The molecule has 0 amide bonds. The van der Waals surface area contributed by atoms with E-state index in [1.165, 1.54) is 6.07 Å².